The van der Waals surface area contributed by atoms with Gasteiger partial charge in [-0.3, -0.25) is 9.59 Å². The number of ether oxygens (including phenoxy) is 1. The van der Waals surface area contributed by atoms with E-state index in [0.717, 1.165) is 0 Å². The SMILES string of the molecule is CC(C)NC(=O)CNC(=O)COC(=O)c1cc(F)c(F)cc1Cl. The van der Waals surface area contributed by atoms with Crippen molar-refractivity contribution in [2.24, 2.45) is 0 Å². The number of carbonyl (C=O) groups excluding carboxylic acids is 3. The van der Waals surface area contributed by atoms with E-state index in [1.807, 2.05) is 0 Å². The zero-order valence-corrected chi connectivity index (χ0v) is 13.2. The smallest absolute Gasteiger partial charge is 0.340 e. The second-order valence-corrected chi connectivity index (χ2v) is 5.23. The fourth-order valence-corrected chi connectivity index (χ4v) is 1.72. The Hall–Kier alpha value is -2.22. The molecule has 0 atom stereocenters. The summed E-state index contributed by atoms with van der Waals surface area (Å²) in [4.78, 5) is 34.4. The van der Waals surface area contributed by atoms with Gasteiger partial charge in [0, 0.05) is 6.04 Å². The molecule has 6 nitrogen and oxygen atoms in total. The average molecular weight is 349 g/mol. The van der Waals surface area contributed by atoms with E-state index < -0.39 is 41.6 Å². The Morgan fingerprint density at radius 2 is 1.78 bits per heavy atom. The van der Waals surface area contributed by atoms with Crippen LogP contribution < -0.4 is 10.6 Å². The van der Waals surface area contributed by atoms with Crippen LogP contribution in [0.1, 0.15) is 24.2 Å². The van der Waals surface area contributed by atoms with E-state index in [4.69, 9.17) is 11.6 Å². The van der Waals surface area contributed by atoms with Crippen LogP contribution in [0.15, 0.2) is 12.1 Å². The molecule has 2 N–H and O–H groups in total. The van der Waals surface area contributed by atoms with Crippen molar-refractivity contribution >= 4 is 29.4 Å². The molecule has 0 aromatic heterocycles. The lowest BCUT2D eigenvalue weighted by Crippen LogP contribution is -2.41. The van der Waals surface area contributed by atoms with Crippen LogP contribution in [0.25, 0.3) is 0 Å². The van der Waals surface area contributed by atoms with Crippen LogP contribution in [0.3, 0.4) is 0 Å². The number of hydrogen-bond acceptors (Lipinski definition) is 4. The Kier molecular flexibility index (Phi) is 6.89. The van der Waals surface area contributed by atoms with Gasteiger partial charge in [-0.2, -0.15) is 0 Å². The second-order valence-electron chi connectivity index (χ2n) is 4.82. The van der Waals surface area contributed by atoms with Gasteiger partial charge in [0.1, 0.15) is 0 Å². The van der Waals surface area contributed by atoms with E-state index in [1.165, 1.54) is 0 Å². The quantitative estimate of drug-likeness (QED) is 0.601. The highest BCUT2D eigenvalue weighted by Gasteiger charge is 2.17. The third-order valence-corrected chi connectivity index (χ3v) is 2.77. The third-order valence-electron chi connectivity index (χ3n) is 2.46. The molecule has 1 aromatic carbocycles. The van der Waals surface area contributed by atoms with E-state index in [-0.39, 0.29) is 17.6 Å². The number of amides is 2. The molecule has 2 amide bonds. The van der Waals surface area contributed by atoms with Crippen molar-refractivity contribution in [3.63, 3.8) is 0 Å². The maximum atomic E-state index is 13.1. The molecule has 9 heteroatoms. The molecule has 0 aliphatic rings. The molecule has 0 bridgehead atoms. The topological polar surface area (TPSA) is 84.5 Å². The molecule has 0 spiro atoms. The molecular formula is C14H15ClF2N2O4. The minimum Gasteiger partial charge on any atom is -0.452 e. The number of carbonyl (C=O) groups is 3. The average Bonchev–Trinajstić information content (AvgIpc) is 2.45. The Morgan fingerprint density at radius 3 is 2.39 bits per heavy atom. The Balaban J connectivity index is 2.49. The molecule has 1 aromatic rings. The zero-order chi connectivity index (χ0) is 17.6. The molecule has 0 fully saturated rings. The number of halogens is 3. The molecule has 0 heterocycles. The minimum atomic E-state index is -1.27. The third kappa shape index (κ3) is 6.19. The lowest BCUT2D eigenvalue weighted by atomic mass is 10.2. The van der Waals surface area contributed by atoms with Crippen LogP contribution in [-0.4, -0.2) is 37.0 Å². The summed E-state index contributed by atoms with van der Waals surface area (Å²) in [6.07, 6.45) is 0. The summed E-state index contributed by atoms with van der Waals surface area (Å²) in [7, 11) is 0. The Bertz CT molecular complexity index is 623. The lowest BCUT2D eigenvalue weighted by Gasteiger charge is -2.10. The lowest BCUT2D eigenvalue weighted by molar-refractivity contribution is -0.128. The summed E-state index contributed by atoms with van der Waals surface area (Å²) in [5, 5.41) is 4.44. The summed E-state index contributed by atoms with van der Waals surface area (Å²) in [5.74, 6) is -4.69. The van der Waals surface area contributed by atoms with Gasteiger partial charge in [-0.05, 0) is 26.0 Å². The van der Waals surface area contributed by atoms with Crippen LogP contribution >= 0.6 is 11.6 Å². The van der Waals surface area contributed by atoms with Crippen molar-refractivity contribution in [2.75, 3.05) is 13.2 Å². The van der Waals surface area contributed by atoms with Crippen molar-refractivity contribution < 1.29 is 27.9 Å². The first kappa shape index (κ1) is 18.8. The standard InChI is InChI=1S/C14H15ClF2N2O4/c1-7(2)19-12(20)5-18-13(21)6-23-14(22)8-3-10(16)11(17)4-9(8)15/h3-4,7H,5-6H2,1-2H3,(H,18,21)(H,19,20). The van der Waals surface area contributed by atoms with Crippen LogP contribution in [0, 0.1) is 11.6 Å². The molecule has 126 valence electrons. The highest BCUT2D eigenvalue weighted by atomic mass is 35.5. The number of hydrogen-bond donors (Lipinski definition) is 2. The monoisotopic (exact) mass is 348 g/mol. The molecule has 0 unspecified atom stereocenters. The van der Waals surface area contributed by atoms with Gasteiger partial charge >= 0.3 is 5.97 Å². The largest absolute Gasteiger partial charge is 0.452 e. The fourth-order valence-electron chi connectivity index (χ4n) is 1.49. The van der Waals surface area contributed by atoms with E-state index in [9.17, 15) is 23.2 Å². The summed E-state index contributed by atoms with van der Waals surface area (Å²) >= 11 is 5.60. The Labute approximate surface area is 136 Å². The first-order chi connectivity index (χ1) is 10.7. The van der Waals surface area contributed by atoms with Crippen LogP contribution in [0.5, 0.6) is 0 Å². The molecule has 0 saturated heterocycles. The molecule has 1 rings (SSSR count). The molecule has 0 aliphatic heterocycles. The summed E-state index contributed by atoms with van der Waals surface area (Å²) in [5.41, 5.74) is -0.407. The van der Waals surface area contributed by atoms with Crippen LogP contribution in [-0.2, 0) is 14.3 Å². The summed E-state index contributed by atoms with van der Waals surface area (Å²) < 4.78 is 30.6. The maximum absolute atomic E-state index is 13.1. The second kappa shape index (κ2) is 8.42. The zero-order valence-electron chi connectivity index (χ0n) is 12.4. The van der Waals surface area contributed by atoms with Gasteiger partial charge in [0.15, 0.2) is 18.2 Å². The Morgan fingerprint density at radius 1 is 1.17 bits per heavy atom. The highest BCUT2D eigenvalue weighted by molar-refractivity contribution is 6.33. The summed E-state index contributed by atoms with van der Waals surface area (Å²) in [6, 6.07) is 1.13. The van der Waals surface area contributed by atoms with Crippen molar-refractivity contribution in [1.29, 1.82) is 0 Å². The van der Waals surface area contributed by atoms with E-state index in [1.54, 1.807) is 13.8 Å². The number of esters is 1. The van der Waals surface area contributed by atoms with Gasteiger partial charge in [-0.1, -0.05) is 11.6 Å². The van der Waals surface area contributed by atoms with Gasteiger partial charge in [0.25, 0.3) is 5.91 Å². The van der Waals surface area contributed by atoms with Crippen LogP contribution in [0.2, 0.25) is 5.02 Å². The fraction of sp³-hybridized carbons (Fsp3) is 0.357. The molecular weight excluding hydrogens is 334 g/mol. The van der Waals surface area contributed by atoms with E-state index >= 15 is 0 Å². The highest BCUT2D eigenvalue weighted by Crippen LogP contribution is 2.20. The number of rotatable bonds is 6. The van der Waals surface area contributed by atoms with Crippen molar-refractivity contribution in [3.8, 4) is 0 Å². The van der Waals surface area contributed by atoms with Crippen molar-refractivity contribution in [2.45, 2.75) is 19.9 Å². The van der Waals surface area contributed by atoms with Gasteiger partial charge in [-0.25, -0.2) is 13.6 Å². The van der Waals surface area contributed by atoms with E-state index in [0.29, 0.717) is 12.1 Å². The van der Waals surface area contributed by atoms with Gasteiger partial charge < -0.3 is 15.4 Å². The number of benzene rings is 1. The van der Waals surface area contributed by atoms with Gasteiger partial charge in [-0.15, -0.1) is 0 Å². The van der Waals surface area contributed by atoms with E-state index in [2.05, 4.69) is 15.4 Å². The number of nitrogens with one attached hydrogen (secondary N) is 2. The molecule has 0 saturated carbocycles. The maximum Gasteiger partial charge on any atom is 0.340 e. The first-order valence-electron chi connectivity index (χ1n) is 6.58. The molecule has 0 radical (unpaired) electrons. The molecule has 0 aliphatic carbocycles. The van der Waals surface area contributed by atoms with Crippen LogP contribution in [0.4, 0.5) is 8.78 Å². The predicted octanol–water partition coefficient (Wildman–Crippen LogP) is 1.42. The predicted molar refractivity (Wildman–Crippen MR) is 77.9 cm³/mol. The van der Waals surface area contributed by atoms with Crippen molar-refractivity contribution in [3.05, 3.63) is 34.4 Å². The normalized spacial score (nSPS) is 10.3. The minimum absolute atomic E-state index is 0.0762. The van der Waals surface area contributed by atoms with Gasteiger partial charge in [0.2, 0.25) is 5.91 Å². The van der Waals surface area contributed by atoms with Crippen molar-refractivity contribution in [1.82, 2.24) is 10.6 Å². The molecule has 23 heavy (non-hydrogen) atoms. The summed E-state index contributed by atoms with van der Waals surface area (Å²) in [6.45, 7) is 2.55. The van der Waals surface area contributed by atoms with Gasteiger partial charge in [0.05, 0.1) is 17.1 Å². The first-order valence-corrected chi connectivity index (χ1v) is 6.96.